The van der Waals surface area contributed by atoms with Crippen LogP contribution >= 0.6 is 23.2 Å². The molecule has 0 aromatic heterocycles. The number of Topliss-reactive ketones (excluding diaryl/α,β-unsaturated/α-hetero) is 1. The summed E-state index contributed by atoms with van der Waals surface area (Å²) >= 11 is 11.8. The molecule has 0 saturated carbocycles. The first kappa shape index (κ1) is 19.0. The Balaban J connectivity index is 2.18. The number of hydrogen-bond donors (Lipinski definition) is 1. The maximum absolute atomic E-state index is 12.3. The van der Waals surface area contributed by atoms with Crippen molar-refractivity contribution in [2.75, 3.05) is 16.8 Å². The second-order valence-electron chi connectivity index (χ2n) is 5.42. The molecule has 5 nitrogen and oxygen atoms in total. The summed E-state index contributed by atoms with van der Waals surface area (Å²) in [6.45, 7) is 2.58. The molecule has 7 heteroatoms. The molecule has 0 aliphatic carbocycles. The van der Waals surface area contributed by atoms with Crippen LogP contribution in [0.2, 0.25) is 10.0 Å². The predicted molar refractivity (Wildman–Crippen MR) is 99.6 cm³/mol. The first-order chi connectivity index (χ1) is 11.8. The largest absolute Gasteiger partial charge is 0.324 e. The number of anilines is 2. The fourth-order valence-corrected chi connectivity index (χ4v) is 2.77. The summed E-state index contributed by atoms with van der Waals surface area (Å²) in [6, 6.07) is 11.2. The molecule has 0 fully saturated rings. The summed E-state index contributed by atoms with van der Waals surface area (Å²) in [6.07, 6.45) is 0. The number of nitrogens with zero attached hydrogens (tertiary/aromatic N) is 1. The Kier molecular flexibility index (Phi) is 6.17. The molecule has 0 unspecified atom stereocenters. The van der Waals surface area contributed by atoms with Crippen LogP contribution in [0.15, 0.2) is 42.5 Å². The SMILES string of the molecule is CC(=O)c1cccc(N(CC(=O)Nc2cc(Cl)cc(Cl)c2)C(C)=O)c1. The van der Waals surface area contributed by atoms with Crippen LogP contribution in [0.3, 0.4) is 0 Å². The number of benzene rings is 2. The quantitative estimate of drug-likeness (QED) is 0.793. The first-order valence-corrected chi connectivity index (χ1v) is 8.17. The number of carbonyl (C=O) groups is 3. The van der Waals surface area contributed by atoms with Gasteiger partial charge in [0.25, 0.3) is 0 Å². The van der Waals surface area contributed by atoms with Crippen molar-refractivity contribution in [2.24, 2.45) is 0 Å². The summed E-state index contributed by atoms with van der Waals surface area (Å²) < 4.78 is 0. The number of amides is 2. The molecular weight excluding hydrogens is 363 g/mol. The van der Waals surface area contributed by atoms with Crippen molar-refractivity contribution in [3.8, 4) is 0 Å². The van der Waals surface area contributed by atoms with Crippen LogP contribution in [-0.2, 0) is 9.59 Å². The maximum atomic E-state index is 12.3. The highest BCUT2D eigenvalue weighted by Crippen LogP contribution is 2.23. The van der Waals surface area contributed by atoms with Gasteiger partial charge >= 0.3 is 0 Å². The molecule has 0 aliphatic heterocycles. The fraction of sp³-hybridized carbons (Fsp3) is 0.167. The van der Waals surface area contributed by atoms with Crippen molar-refractivity contribution in [1.82, 2.24) is 0 Å². The Labute approximate surface area is 155 Å². The van der Waals surface area contributed by atoms with Crippen LogP contribution < -0.4 is 10.2 Å². The molecule has 2 aromatic rings. The Bertz CT molecular complexity index is 817. The van der Waals surface area contributed by atoms with Gasteiger partial charge in [-0.1, -0.05) is 35.3 Å². The summed E-state index contributed by atoms with van der Waals surface area (Å²) in [7, 11) is 0. The van der Waals surface area contributed by atoms with E-state index in [1.165, 1.54) is 18.7 Å². The molecule has 2 rings (SSSR count). The minimum atomic E-state index is -0.415. The van der Waals surface area contributed by atoms with E-state index >= 15 is 0 Å². The summed E-state index contributed by atoms with van der Waals surface area (Å²) in [4.78, 5) is 37.0. The average molecular weight is 379 g/mol. The third-order valence-corrected chi connectivity index (χ3v) is 3.83. The lowest BCUT2D eigenvalue weighted by molar-refractivity contribution is -0.120. The summed E-state index contributed by atoms with van der Waals surface area (Å²) in [5, 5.41) is 3.43. The topological polar surface area (TPSA) is 66.5 Å². The van der Waals surface area contributed by atoms with Gasteiger partial charge in [-0.3, -0.25) is 14.4 Å². The molecule has 0 aliphatic rings. The van der Waals surface area contributed by atoms with Crippen LogP contribution in [0.25, 0.3) is 0 Å². The Morgan fingerprint density at radius 1 is 1.00 bits per heavy atom. The van der Waals surface area contributed by atoms with E-state index in [4.69, 9.17) is 23.2 Å². The summed E-state index contributed by atoms with van der Waals surface area (Å²) in [5.74, 6) is -0.856. The van der Waals surface area contributed by atoms with Crippen molar-refractivity contribution in [3.05, 3.63) is 58.1 Å². The molecule has 0 spiro atoms. The monoisotopic (exact) mass is 378 g/mol. The molecule has 25 heavy (non-hydrogen) atoms. The van der Waals surface area contributed by atoms with Crippen molar-refractivity contribution < 1.29 is 14.4 Å². The molecule has 0 saturated heterocycles. The molecule has 0 atom stereocenters. The number of rotatable bonds is 5. The van der Waals surface area contributed by atoms with E-state index in [0.29, 0.717) is 27.0 Å². The Morgan fingerprint density at radius 3 is 2.20 bits per heavy atom. The van der Waals surface area contributed by atoms with Crippen molar-refractivity contribution in [2.45, 2.75) is 13.8 Å². The predicted octanol–water partition coefficient (Wildman–Crippen LogP) is 4.19. The van der Waals surface area contributed by atoms with Crippen molar-refractivity contribution in [3.63, 3.8) is 0 Å². The maximum Gasteiger partial charge on any atom is 0.244 e. The highest BCUT2D eigenvalue weighted by molar-refractivity contribution is 6.35. The van der Waals surface area contributed by atoms with Crippen molar-refractivity contribution in [1.29, 1.82) is 0 Å². The van der Waals surface area contributed by atoms with Gasteiger partial charge in [0.15, 0.2) is 5.78 Å². The molecule has 0 radical (unpaired) electrons. The second-order valence-corrected chi connectivity index (χ2v) is 6.29. The van der Waals surface area contributed by atoms with Crippen LogP contribution in [0, 0.1) is 0 Å². The zero-order valence-electron chi connectivity index (χ0n) is 13.7. The van der Waals surface area contributed by atoms with Gasteiger partial charge in [0.05, 0.1) is 0 Å². The molecular formula is C18H16Cl2N2O3. The Morgan fingerprint density at radius 2 is 1.64 bits per heavy atom. The second kappa shape index (κ2) is 8.14. The van der Waals surface area contributed by atoms with E-state index in [1.54, 1.807) is 42.5 Å². The van der Waals surface area contributed by atoms with E-state index in [0.717, 1.165) is 0 Å². The van der Waals surface area contributed by atoms with E-state index in [1.807, 2.05) is 0 Å². The smallest absolute Gasteiger partial charge is 0.244 e. The van der Waals surface area contributed by atoms with Gasteiger partial charge in [-0.15, -0.1) is 0 Å². The Hall–Kier alpha value is -2.37. The number of ketones is 1. The highest BCUT2D eigenvalue weighted by atomic mass is 35.5. The highest BCUT2D eigenvalue weighted by Gasteiger charge is 2.17. The number of halogens is 2. The van der Waals surface area contributed by atoms with E-state index < -0.39 is 5.91 Å². The zero-order chi connectivity index (χ0) is 18.6. The minimum Gasteiger partial charge on any atom is -0.324 e. The molecule has 2 aromatic carbocycles. The van der Waals surface area contributed by atoms with E-state index in [9.17, 15) is 14.4 Å². The first-order valence-electron chi connectivity index (χ1n) is 7.41. The zero-order valence-corrected chi connectivity index (χ0v) is 15.2. The van der Waals surface area contributed by atoms with Crippen LogP contribution in [0.4, 0.5) is 11.4 Å². The van der Waals surface area contributed by atoms with Crippen LogP contribution in [-0.4, -0.2) is 24.1 Å². The van der Waals surface area contributed by atoms with Gasteiger partial charge in [0.1, 0.15) is 6.54 Å². The van der Waals surface area contributed by atoms with Crippen LogP contribution in [0.1, 0.15) is 24.2 Å². The molecule has 0 heterocycles. The molecule has 0 bridgehead atoms. The van der Waals surface area contributed by atoms with Crippen molar-refractivity contribution >= 4 is 52.2 Å². The van der Waals surface area contributed by atoms with Gasteiger partial charge < -0.3 is 10.2 Å². The lowest BCUT2D eigenvalue weighted by atomic mass is 10.1. The summed E-state index contributed by atoms with van der Waals surface area (Å²) in [5.41, 5.74) is 1.37. The van der Waals surface area contributed by atoms with Gasteiger partial charge in [-0.2, -0.15) is 0 Å². The van der Waals surface area contributed by atoms with E-state index in [-0.39, 0.29) is 18.2 Å². The van der Waals surface area contributed by atoms with Gasteiger partial charge in [0, 0.05) is 33.9 Å². The van der Waals surface area contributed by atoms with Gasteiger partial charge in [-0.05, 0) is 37.3 Å². The standard InChI is InChI=1S/C18H16Cl2N2O3/c1-11(23)13-4-3-5-17(6-13)22(12(2)24)10-18(25)21-16-8-14(19)7-15(20)9-16/h3-9H,10H2,1-2H3,(H,21,25). The third-order valence-electron chi connectivity index (χ3n) is 3.39. The lowest BCUT2D eigenvalue weighted by Gasteiger charge is -2.21. The number of hydrogen-bond acceptors (Lipinski definition) is 3. The average Bonchev–Trinajstić information content (AvgIpc) is 2.51. The lowest BCUT2D eigenvalue weighted by Crippen LogP contribution is -2.36. The third kappa shape index (κ3) is 5.31. The normalized spacial score (nSPS) is 10.2. The van der Waals surface area contributed by atoms with Gasteiger partial charge in [-0.25, -0.2) is 0 Å². The fourth-order valence-electron chi connectivity index (χ4n) is 2.25. The molecule has 1 N–H and O–H groups in total. The minimum absolute atomic E-state index is 0.122. The number of nitrogens with one attached hydrogen (secondary N) is 1. The van der Waals surface area contributed by atoms with E-state index in [2.05, 4.69) is 5.32 Å². The van der Waals surface area contributed by atoms with Gasteiger partial charge in [0.2, 0.25) is 11.8 Å². The molecule has 2 amide bonds. The van der Waals surface area contributed by atoms with Crippen LogP contribution in [0.5, 0.6) is 0 Å². The molecule has 130 valence electrons. The number of carbonyl (C=O) groups excluding carboxylic acids is 3.